The molecule has 0 radical (unpaired) electrons. The van der Waals surface area contributed by atoms with E-state index in [1.54, 1.807) is 13.4 Å². The first-order valence-electron chi connectivity index (χ1n) is 6.47. The molecular formula is C15H17Br2NO2. The SMILES string of the molecule is CCCNC(c1cc(OC)ccc1Br)c1occc1Br. The van der Waals surface area contributed by atoms with Crippen LogP contribution in [0.25, 0.3) is 0 Å². The minimum absolute atomic E-state index is 0.0243. The van der Waals surface area contributed by atoms with Gasteiger partial charge in [-0.3, -0.25) is 0 Å². The molecule has 0 spiro atoms. The minimum Gasteiger partial charge on any atom is -0.497 e. The van der Waals surface area contributed by atoms with E-state index in [1.165, 1.54) is 0 Å². The largest absolute Gasteiger partial charge is 0.497 e. The lowest BCUT2D eigenvalue weighted by Crippen LogP contribution is -2.23. The molecule has 2 rings (SSSR count). The summed E-state index contributed by atoms with van der Waals surface area (Å²) in [7, 11) is 1.67. The van der Waals surface area contributed by atoms with Crippen LogP contribution in [0.5, 0.6) is 5.75 Å². The van der Waals surface area contributed by atoms with Crippen LogP contribution in [0.1, 0.15) is 30.7 Å². The van der Waals surface area contributed by atoms with Crippen LogP contribution >= 0.6 is 31.9 Å². The van der Waals surface area contributed by atoms with Gasteiger partial charge in [0.25, 0.3) is 0 Å². The van der Waals surface area contributed by atoms with Gasteiger partial charge < -0.3 is 14.5 Å². The van der Waals surface area contributed by atoms with Crippen LogP contribution in [0, 0.1) is 0 Å². The maximum absolute atomic E-state index is 5.64. The summed E-state index contributed by atoms with van der Waals surface area (Å²) in [4.78, 5) is 0. The molecule has 0 aliphatic carbocycles. The van der Waals surface area contributed by atoms with E-state index in [4.69, 9.17) is 9.15 Å². The van der Waals surface area contributed by atoms with Crippen molar-refractivity contribution < 1.29 is 9.15 Å². The Bertz CT molecular complexity index is 569. The van der Waals surface area contributed by atoms with Crippen molar-refractivity contribution in [1.29, 1.82) is 0 Å². The number of hydrogen-bond acceptors (Lipinski definition) is 3. The Hall–Kier alpha value is -0.780. The molecule has 1 aromatic heterocycles. The first kappa shape index (κ1) is 15.6. The zero-order chi connectivity index (χ0) is 14.5. The predicted octanol–water partition coefficient (Wildman–Crippen LogP) is 4.90. The van der Waals surface area contributed by atoms with Gasteiger partial charge in [-0.25, -0.2) is 0 Å². The molecule has 0 amide bonds. The third-order valence-electron chi connectivity index (χ3n) is 3.02. The Kier molecular flexibility index (Phi) is 5.69. The van der Waals surface area contributed by atoms with E-state index in [0.717, 1.165) is 39.0 Å². The molecule has 0 saturated heterocycles. The Morgan fingerprint density at radius 3 is 2.65 bits per heavy atom. The van der Waals surface area contributed by atoms with Gasteiger partial charge in [-0.15, -0.1) is 0 Å². The third-order valence-corrected chi connectivity index (χ3v) is 4.40. The molecule has 2 aromatic rings. The van der Waals surface area contributed by atoms with Crippen molar-refractivity contribution in [2.45, 2.75) is 19.4 Å². The summed E-state index contributed by atoms with van der Waals surface area (Å²) in [6.45, 7) is 3.04. The third kappa shape index (κ3) is 3.45. The quantitative estimate of drug-likeness (QED) is 0.745. The van der Waals surface area contributed by atoms with Crippen molar-refractivity contribution >= 4 is 31.9 Å². The van der Waals surface area contributed by atoms with Crippen LogP contribution in [0.3, 0.4) is 0 Å². The Morgan fingerprint density at radius 2 is 2.05 bits per heavy atom. The molecule has 0 aliphatic rings. The smallest absolute Gasteiger partial charge is 0.139 e. The number of benzene rings is 1. The van der Waals surface area contributed by atoms with Gasteiger partial charge in [-0.2, -0.15) is 0 Å². The molecule has 0 saturated carbocycles. The average molecular weight is 403 g/mol. The highest BCUT2D eigenvalue weighted by Crippen LogP contribution is 2.35. The topological polar surface area (TPSA) is 34.4 Å². The summed E-state index contributed by atoms with van der Waals surface area (Å²) >= 11 is 7.15. The van der Waals surface area contributed by atoms with Gasteiger partial charge in [0.05, 0.1) is 23.9 Å². The maximum atomic E-state index is 5.64. The minimum atomic E-state index is -0.0243. The fraction of sp³-hybridized carbons (Fsp3) is 0.333. The molecule has 1 unspecified atom stereocenters. The number of methoxy groups -OCH3 is 1. The van der Waals surface area contributed by atoms with Gasteiger partial charge >= 0.3 is 0 Å². The monoisotopic (exact) mass is 401 g/mol. The standard InChI is InChI=1S/C15H17Br2NO2/c1-3-7-18-14(15-13(17)6-8-20-15)11-9-10(19-2)4-5-12(11)16/h4-6,8-9,14,18H,3,7H2,1-2H3. The summed E-state index contributed by atoms with van der Waals surface area (Å²) in [5.41, 5.74) is 1.09. The van der Waals surface area contributed by atoms with Crippen LogP contribution in [0.2, 0.25) is 0 Å². The van der Waals surface area contributed by atoms with Gasteiger partial charge in [0.15, 0.2) is 0 Å². The van der Waals surface area contributed by atoms with Gasteiger partial charge in [0, 0.05) is 4.47 Å². The number of furan rings is 1. The van der Waals surface area contributed by atoms with Crippen molar-refractivity contribution in [1.82, 2.24) is 5.32 Å². The summed E-state index contributed by atoms with van der Waals surface area (Å²) in [6.07, 6.45) is 2.74. The van der Waals surface area contributed by atoms with E-state index in [0.29, 0.717) is 0 Å². The number of nitrogens with one attached hydrogen (secondary N) is 1. The lowest BCUT2D eigenvalue weighted by Gasteiger charge is -2.19. The van der Waals surface area contributed by atoms with Crippen LogP contribution in [0.15, 0.2) is 43.9 Å². The molecule has 5 heteroatoms. The van der Waals surface area contributed by atoms with E-state index < -0.39 is 0 Å². The zero-order valence-corrected chi connectivity index (χ0v) is 14.6. The zero-order valence-electron chi connectivity index (χ0n) is 11.5. The molecule has 0 fully saturated rings. The molecule has 20 heavy (non-hydrogen) atoms. The Morgan fingerprint density at radius 1 is 1.25 bits per heavy atom. The molecule has 0 bridgehead atoms. The summed E-state index contributed by atoms with van der Waals surface area (Å²) in [5, 5.41) is 3.51. The fourth-order valence-corrected chi connectivity index (χ4v) is 2.92. The number of hydrogen-bond donors (Lipinski definition) is 1. The van der Waals surface area contributed by atoms with Gasteiger partial charge in [-0.05, 0) is 58.7 Å². The van der Waals surface area contributed by atoms with E-state index in [9.17, 15) is 0 Å². The number of ether oxygens (including phenoxy) is 1. The van der Waals surface area contributed by atoms with Crippen molar-refractivity contribution in [2.24, 2.45) is 0 Å². The molecule has 3 nitrogen and oxygen atoms in total. The van der Waals surface area contributed by atoms with Crippen LogP contribution in [0.4, 0.5) is 0 Å². The van der Waals surface area contributed by atoms with Crippen molar-refractivity contribution in [3.8, 4) is 5.75 Å². The number of rotatable bonds is 6. The van der Waals surface area contributed by atoms with Gasteiger partial charge in [-0.1, -0.05) is 22.9 Å². The van der Waals surface area contributed by atoms with Crippen LogP contribution < -0.4 is 10.1 Å². The summed E-state index contributed by atoms with van der Waals surface area (Å²) in [6, 6.07) is 7.83. The van der Waals surface area contributed by atoms with Crippen molar-refractivity contribution in [3.63, 3.8) is 0 Å². The highest BCUT2D eigenvalue weighted by atomic mass is 79.9. The summed E-state index contributed by atoms with van der Waals surface area (Å²) < 4.78 is 12.9. The van der Waals surface area contributed by atoms with Crippen LogP contribution in [-0.4, -0.2) is 13.7 Å². The van der Waals surface area contributed by atoms with Crippen LogP contribution in [-0.2, 0) is 0 Å². The van der Waals surface area contributed by atoms with Crippen molar-refractivity contribution in [2.75, 3.05) is 13.7 Å². The maximum Gasteiger partial charge on any atom is 0.139 e. The normalized spacial score (nSPS) is 12.4. The highest BCUT2D eigenvalue weighted by Gasteiger charge is 2.22. The predicted molar refractivity (Wildman–Crippen MR) is 87.2 cm³/mol. The van der Waals surface area contributed by atoms with Crippen molar-refractivity contribution in [3.05, 3.63) is 50.8 Å². The molecule has 108 valence electrons. The second kappa shape index (κ2) is 7.29. The van der Waals surface area contributed by atoms with E-state index in [-0.39, 0.29) is 6.04 Å². The van der Waals surface area contributed by atoms with E-state index in [1.807, 2.05) is 24.3 Å². The molecular weight excluding hydrogens is 386 g/mol. The van der Waals surface area contributed by atoms with E-state index in [2.05, 4.69) is 44.1 Å². The Labute approximate surface area is 136 Å². The summed E-state index contributed by atoms with van der Waals surface area (Å²) in [5.74, 6) is 1.70. The second-order valence-corrected chi connectivity index (χ2v) is 6.12. The lowest BCUT2D eigenvalue weighted by atomic mass is 10.0. The van der Waals surface area contributed by atoms with E-state index >= 15 is 0 Å². The molecule has 1 N–H and O–H groups in total. The first-order chi connectivity index (χ1) is 9.67. The number of halogens is 2. The lowest BCUT2D eigenvalue weighted by molar-refractivity contribution is 0.410. The highest BCUT2D eigenvalue weighted by molar-refractivity contribution is 9.10. The first-order valence-corrected chi connectivity index (χ1v) is 8.05. The molecule has 1 atom stereocenters. The average Bonchev–Trinajstić information content (AvgIpc) is 2.87. The van der Waals surface area contributed by atoms with Gasteiger partial charge in [0.2, 0.25) is 0 Å². The van der Waals surface area contributed by atoms with Gasteiger partial charge in [0.1, 0.15) is 11.5 Å². The molecule has 1 heterocycles. The molecule has 0 aliphatic heterocycles. The molecule has 1 aromatic carbocycles. The fourth-order valence-electron chi connectivity index (χ4n) is 2.01. The second-order valence-electron chi connectivity index (χ2n) is 4.41. The Balaban J connectivity index is 2.43.